The summed E-state index contributed by atoms with van der Waals surface area (Å²) in [5.41, 5.74) is 2.13. The van der Waals surface area contributed by atoms with Crippen LogP contribution in [-0.4, -0.2) is 36.5 Å². The Hall–Kier alpha value is -2.90. The normalized spacial score (nSPS) is 15.4. The fourth-order valence-corrected chi connectivity index (χ4v) is 4.39. The molecule has 29 heavy (non-hydrogen) atoms. The van der Waals surface area contributed by atoms with Gasteiger partial charge in [-0.15, -0.1) is 11.3 Å². The number of amides is 2. The van der Waals surface area contributed by atoms with Crippen molar-refractivity contribution < 1.29 is 14.3 Å². The molecule has 8 heteroatoms. The first-order chi connectivity index (χ1) is 14.0. The van der Waals surface area contributed by atoms with Gasteiger partial charge in [-0.1, -0.05) is 35.9 Å². The van der Waals surface area contributed by atoms with E-state index in [-0.39, 0.29) is 18.4 Å². The summed E-state index contributed by atoms with van der Waals surface area (Å²) < 4.78 is 5.79. The molecule has 148 valence electrons. The number of rotatable bonds is 3. The average Bonchev–Trinajstić information content (AvgIpc) is 3.13. The maximum Gasteiger partial charge on any atom is 0.270 e. The Balaban J connectivity index is 1.71. The second-order valence-corrected chi connectivity index (χ2v) is 7.98. The van der Waals surface area contributed by atoms with E-state index in [1.54, 1.807) is 31.0 Å². The topological polar surface area (TPSA) is 71.5 Å². The fourth-order valence-electron chi connectivity index (χ4n) is 3.19. The van der Waals surface area contributed by atoms with E-state index < -0.39 is 6.10 Å². The largest absolute Gasteiger partial charge is 0.477 e. The molecular weight excluding hydrogens is 410 g/mol. The molecule has 1 unspecified atom stereocenters. The van der Waals surface area contributed by atoms with E-state index in [1.807, 2.05) is 36.4 Å². The smallest absolute Gasteiger partial charge is 0.270 e. The maximum absolute atomic E-state index is 13.4. The van der Waals surface area contributed by atoms with Gasteiger partial charge in [-0.3, -0.25) is 14.5 Å². The quantitative estimate of drug-likeness (QED) is 0.687. The third-order valence-electron chi connectivity index (χ3n) is 4.62. The minimum absolute atomic E-state index is 0.124. The Kier molecular flexibility index (Phi) is 5.25. The number of aryl methyl sites for hydroxylation is 1. The van der Waals surface area contributed by atoms with Gasteiger partial charge in [-0.2, -0.15) is 0 Å². The van der Waals surface area contributed by atoms with Crippen molar-refractivity contribution in [3.63, 3.8) is 0 Å². The number of benzene rings is 2. The number of hydrogen-bond acceptors (Lipinski definition) is 5. The fraction of sp³-hybridized carbons (Fsp3) is 0.190. The van der Waals surface area contributed by atoms with Gasteiger partial charge in [-0.05, 0) is 31.2 Å². The van der Waals surface area contributed by atoms with Gasteiger partial charge >= 0.3 is 0 Å². The Morgan fingerprint density at radius 3 is 2.79 bits per heavy atom. The van der Waals surface area contributed by atoms with Crippen molar-refractivity contribution in [2.75, 3.05) is 18.5 Å². The number of aromatic nitrogens is 1. The van der Waals surface area contributed by atoms with Crippen molar-refractivity contribution in [2.45, 2.75) is 13.0 Å². The van der Waals surface area contributed by atoms with Crippen LogP contribution in [-0.2, 0) is 4.79 Å². The Bertz CT molecular complexity index is 1100. The van der Waals surface area contributed by atoms with Crippen LogP contribution >= 0.6 is 22.9 Å². The zero-order valence-corrected chi connectivity index (χ0v) is 17.4. The number of likely N-dealkylation sites (N-methyl/N-ethyl adjacent to an activating group) is 1. The van der Waals surface area contributed by atoms with Gasteiger partial charge in [0.05, 0.1) is 17.9 Å². The lowest BCUT2D eigenvalue weighted by Gasteiger charge is -2.33. The monoisotopic (exact) mass is 427 g/mol. The molecule has 2 heterocycles. The lowest BCUT2D eigenvalue weighted by atomic mass is 10.1. The summed E-state index contributed by atoms with van der Waals surface area (Å²) >= 11 is 7.40. The first-order valence-corrected chi connectivity index (χ1v) is 10.2. The molecule has 1 aliphatic heterocycles. The molecule has 1 aliphatic rings. The molecule has 2 amide bonds. The number of nitrogens with zero attached hydrogens (tertiary/aromatic N) is 2. The molecule has 0 spiro atoms. The van der Waals surface area contributed by atoms with Crippen LogP contribution in [0.3, 0.4) is 0 Å². The van der Waals surface area contributed by atoms with Crippen molar-refractivity contribution >= 4 is 40.4 Å². The highest BCUT2D eigenvalue weighted by Gasteiger charge is 2.35. The third kappa shape index (κ3) is 3.71. The van der Waals surface area contributed by atoms with E-state index in [0.717, 1.165) is 10.6 Å². The van der Waals surface area contributed by atoms with E-state index in [1.165, 1.54) is 11.3 Å². The molecule has 1 atom stereocenters. The number of ether oxygens (including phenoxy) is 1. The number of thiazole rings is 1. The first kappa shape index (κ1) is 19.4. The number of anilines is 1. The standard InChI is InChI=1S/C21H18ClN3O3S/c1-12-18(29-20(24-12)13-6-5-7-14(22)10-13)21(27)25-11-17(19(26)23-2)28-16-9-4-3-8-15(16)25/h3-10,17H,11H2,1-2H3,(H,23,26). The van der Waals surface area contributed by atoms with E-state index >= 15 is 0 Å². The lowest BCUT2D eigenvalue weighted by Crippen LogP contribution is -2.50. The van der Waals surface area contributed by atoms with E-state index in [2.05, 4.69) is 10.3 Å². The van der Waals surface area contributed by atoms with Gasteiger partial charge in [0.2, 0.25) is 0 Å². The predicted octanol–water partition coefficient (Wildman–Crippen LogP) is 3.93. The molecule has 1 aromatic heterocycles. The Morgan fingerprint density at radius 2 is 2.03 bits per heavy atom. The molecule has 0 bridgehead atoms. The highest BCUT2D eigenvalue weighted by Crippen LogP contribution is 2.36. The number of carbonyl (C=O) groups is 2. The van der Waals surface area contributed by atoms with Crippen molar-refractivity contribution in [3.8, 4) is 16.3 Å². The number of fused-ring (bicyclic) bond motifs is 1. The van der Waals surface area contributed by atoms with Crippen LogP contribution in [0, 0.1) is 6.92 Å². The minimum atomic E-state index is -0.778. The third-order valence-corrected chi connectivity index (χ3v) is 6.05. The number of nitrogens with one attached hydrogen (secondary N) is 1. The van der Waals surface area contributed by atoms with Gasteiger partial charge < -0.3 is 10.1 Å². The molecule has 0 saturated carbocycles. The SMILES string of the molecule is CNC(=O)C1CN(C(=O)c2sc(-c3cccc(Cl)c3)nc2C)c2ccccc2O1. The second-order valence-electron chi connectivity index (χ2n) is 6.55. The zero-order chi connectivity index (χ0) is 20.5. The number of hydrogen-bond donors (Lipinski definition) is 1. The van der Waals surface area contributed by atoms with Crippen LogP contribution < -0.4 is 15.0 Å². The molecule has 3 aromatic rings. The van der Waals surface area contributed by atoms with Gasteiger partial charge in [0.15, 0.2) is 6.10 Å². The zero-order valence-electron chi connectivity index (χ0n) is 15.8. The molecule has 4 rings (SSSR count). The van der Waals surface area contributed by atoms with Crippen molar-refractivity contribution in [2.24, 2.45) is 0 Å². The Morgan fingerprint density at radius 1 is 1.24 bits per heavy atom. The van der Waals surface area contributed by atoms with Crippen molar-refractivity contribution in [3.05, 3.63) is 64.1 Å². The van der Waals surface area contributed by atoms with Crippen molar-refractivity contribution in [1.82, 2.24) is 10.3 Å². The molecule has 0 saturated heterocycles. The van der Waals surface area contributed by atoms with Crippen molar-refractivity contribution in [1.29, 1.82) is 0 Å². The van der Waals surface area contributed by atoms with Crippen LogP contribution in [0.4, 0.5) is 5.69 Å². The van der Waals surface area contributed by atoms with E-state index in [9.17, 15) is 9.59 Å². The van der Waals surface area contributed by atoms with Crippen LogP contribution in [0.15, 0.2) is 48.5 Å². The molecule has 1 N–H and O–H groups in total. The van der Waals surface area contributed by atoms with E-state index in [0.29, 0.717) is 27.0 Å². The molecule has 2 aromatic carbocycles. The van der Waals surface area contributed by atoms with Gasteiger partial charge in [0.1, 0.15) is 15.6 Å². The summed E-state index contributed by atoms with van der Waals surface area (Å²) in [4.78, 5) is 32.3. The first-order valence-electron chi connectivity index (χ1n) is 9.00. The van der Waals surface area contributed by atoms with Crippen LogP contribution in [0.1, 0.15) is 15.4 Å². The van der Waals surface area contributed by atoms with Gasteiger partial charge in [0, 0.05) is 17.6 Å². The summed E-state index contributed by atoms with van der Waals surface area (Å²) in [6.07, 6.45) is -0.778. The summed E-state index contributed by atoms with van der Waals surface area (Å²) in [5.74, 6) is 0.00816. The molecule has 6 nitrogen and oxygen atoms in total. The van der Waals surface area contributed by atoms with Crippen LogP contribution in [0.2, 0.25) is 5.02 Å². The molecule has 0 radical (unpaired) electrons. The van der Waals surface area contributed by atoms with Gasteiger partial charge in [0.25, 0.3) is 11.8 Å². The number of carbonyl (C=O) groups excluding carboxylic acids is 2. The summed E-state index contributed by atoms with van der Waals surface area (Å²) in [5, 5.41) is 3.91. The lowest BCUT2D eigenvalue weighted by molar-refractivity contribution is -0.127. The summed E-state index contributed by atoms with van der Waals surface area (Å²) in [7, 11) is 1.54. The molecular formula is C21H18ClN3O3S. The molecule has 0 aliphatic carbocycles. The Labute approximate surface area is 177 Å². The summed E-state index contributed by atoms with van der Waals surface area (Å²) in [6, 6.07) is 14.6. The predicted molar refractivity (Wildman–Crippen MR) is 114 cm³/mol. The van der Waals surface area contributed by atoms with Crippen LogP contribution in [0.5, 0.6) is 5.75 Å². The van der Waals surface area contributed by atoms with E-state index in [4.69, 9.17) is 16.3 Å². The average molecular weight is 428 g/mol. The molecule has 0 fully saturated rings. The highest BCUT2D eigenvalue weighted by molar-refractivity contribution is 7.17. The maximum atomic E-state index is 13.4. The highest BCUT2D eigenvalue weighted by atomic mass is 35.5. The van der Waals surface area contributed by atoms with Gasteiger partial charge in [-0.25, -0.2) is 4.98 Å². The van der Waals surface area contributed by atoms with Crippen LogP contribution in [0.25, 0.3) is 10.6 Å². The second kappa shape index (κ2) is 7.85. The number of para-hydroxylation sites is 2. The number of halogens is 1. The minimum Gasteiger partial charge on any atom is -0.477 e. The summed E-state index contributed by atoms with van der Waals surface area (Å²) in [6.45, 7) is 1.93.